The molecule has 2 aromatic rings. The molecule has 2 aromatic carbocycles. The Hall–Kier alpha value is -1.36. The van der Waals surface area contributed by atoms with Gasteiger partial charge >= 0.3 is 0 Å². The summed E-state index contributed by atoms with van der Waals surface area (Å²) in [5.41, 5.74) is 1.92. The maximum absolute atomic E-state index is 12.3. The van der Waals surface area contributed by atoms with Gasteiger partial charge in [-0.25, -0.2) is 8.42 Å². The zero-order valence-corrected chi connectivity index (χ0v) is 17.4. The molecular formula is C21H30ClNO2S. The molecular weight excluding hydrogens is 366 g/mol. The smallest absolute Gasteiger partial charge is 0.175 e. The van der Waals surface area contributed by atoms with Crippen LogP contribution in [0, 0.1) is 0 Å². The summed E-state index contributed by atoms with van der Waals surface area (Å²) in [5.74, 6) is 0. The van der Waals surface area contributed by atoms with Crippen LogP contribution in [0.25, 0.3) is 0 Å². The van der Waals surface area contributed by atoms with E-state index >= 15 is 0 Å². The third kappa shape index (κ3) is 6.11. The molecule has 5 heteroatoms. The largest absolute Gasteiger partial charge is 0.303 e. The van der Waals surface area contributed by atoms with Gasteiger partial charge in [-0.15, -0.1) is 12.4 Å². The van der Waals surface area contributed by atoms with E-state index in [1.165, 1.54) is 12.7 Å². The lowest BCUT2D eigenvalue weighted by atomic mass is 9.96. The van der Waals surface area contributed by atoms with Gasteiger partial charge in [-0.05, 0) is 30.0 Å². The normalized spacial score (nSPS) is 13.7. The van der Waals surface area contributed by atoms with Gasteiger partial charge in [0.2, 0.25) is 0 Å². The van der Waals surface area contributed by atoms with E-state index in [1.54, 1.807) is 12.1 Å². The van der Waals surface area contributed by atoms with Crippen molar-refractivity contribution in [2.75, 3.05) is 6.26 Å². The summed E-state index contributed by atoms with van der Waals surface area (Å²) in [6.07, 6.45) is 5.72. The van der Waals surface area contributed by atoms with Crippen molar-refractivity contribution in [3.05, 3.63) is 65.7 Å². The quantitative estimate of drug-likeness (QED) is 0.637. The molecule has 1 N–H and O–H groups in total. The van der Waals surface area contributed by atoms with Crippen molar-refractivity contribution in [3.63, 3.8) is 0 Å². The van der Waals surface area contributed by atoms with Crippen LogP contribution in [0.15, 0.2) is 59.5 Å². The van der Waals surface area contributed by atoms with Gasteiger partial charge in [-0.3, -0.25) is 0 Å². The standard InChI is InChI=1S/C21H29NO2S.ClH/c1-4-6-14-18(5-2)22-21(17-12-8-7-9-13-17)19-15-10-11-16-20(19)25(3,23)24;/h7-13,15-16,18,21-22H,4-6,14H2,1-3H3;1H. The molecule has 0 spiro atoms. The van der Waals surface area contributed by atoms with Crippen molar-refractivity contribution in [1.29, 1.82) is 0 Å². The Bertz CT molecular complexity index is 763. The Kier molecular flexibility index (Phi) is 9.34. The number of benzene rings is 2. The molecule has 0 radical (unpaired) electrons. The molecule has 2 atom stereocenters. The minimum Gasteiger partial charge on any atom is -0.303 e. The van der Waals surface area contributed by atoms with Gasteiger partial charge in [0.25, 0.3) is 0 Å². The molecule has 0 saturated heterocycles. The predicted octanol–water partition coefficient (Wildman–Crippen LogP) is 5.16. The zero-order chi connectivity index (χ0) is 18.3. The van der Waals surface area contributed by atoms with E-state index in [9.17, 15) is 8.42 Å². The summed E-state index contributed by atoms with van der Waals surface area (Å²) >= 11 is 0. The molecule has 3 nitrogen and oxygen atoms in total. The Morgan fingerprint density at radius 3 is 2.15 bits per heavy atom. The molecule has 0 aliphatic carbocycles. The van der Waals surface area contributed by atoms with Crippen LogP contribution >= 0.6 is 12.4 Å². The van der Waals surface area contributed by atoms with Gasteiger partial charge in [0, 0.05) is 12.3 Å². The number of unbranched alkanes of at least 4 members (excludes halogenated alkanes) is 1. The molecule has 0 aromatic heterocycles. The second-order valence-corrected chi connectivity index (χ2v) is 8.55. The van der Waals surface area contributed by atoms with Crippen LogP contribution < -0.4 is 5.32 Å². The van der Waals surface area contributed by atoms with Gasteiger partial charge in [0.1, 0.15) is 0 Å². The fraction of sp³-hybridized carbons (Fsp3) is 0.429. The van der Waals surface area contributed by atoms with Gasteiger partial charge in [0.05, 0.1) is 10.9 Å². The highest BCUT2D eigenvalue weighted by Gasteiger charge is 2.23. The molecule has 144 valence electrons. The average molecular weight is 396 g/mol. The third-order valence-corrected chi connectivity index (χ3v) is 5.73. The van der Waals surface area contributed by atoms with Gasteiger partial charge in [-0.1, -0.05) is 75.2 Å². The SMILES string of the molecule is CCCCC(CC)NC(c1ccccc1)c1ccccc1S(C)(=O)=O.Cl. The summed E-state index contributed by atoms with van der Waals surface area (Å²) in [6, 6.07) is 17.7. The number of hydrogen-bond acceptors (Lipinski definition) is 3. The number of hydrogen-bond donors (Lipinski definition) is 1. The highest BCUT2D eigenvalue weighted by atomic mass is 35.5. The molecule has 0 aliphatic rings. The van der Waals surface area contributed by atoms with Crippen molar-refractivity contribution in [2.45, 2.75) is 56.5 Å². The van der Waals surface area contributed by atoms with Crippen molar-refractivity contribution in [1.82, 2.24) is 5.32 Å². The van der Waals surface area contributed by atoms with Crippen LogP contribution in [0.4, 0.5) is 0 Å². The molecule has 2 unspecified atom stereocenters. The second-order valence-electron chi connectivity index (χ2n) is 6.57. The number of sulfone groups is 1. The van der Waals surface area contributed by atoms with E-state index in [0.717, 1.165) is 30.4 Å². The highest BCUT2D eigenvalue weighted by molar-refractivity contribution is 7.90. The lowest BCUT2D eigenvalue weighted by molar-refractivity contribution is 0.419. The predicted molar refractivity (Wildman–Crippen MR) is 112 cm³/mol. The number of halogens is 1. The van der Waals surface area contributed by atoms with Gasteiger partial charge < -0.3 is 5.32 Å². The molecule has 26 heavy (non-hydrogen) atoms. The molecule has 0 heterocycles. The fourth-order valence-corrected chi connectivity index (χ4v) is 4.10. The van der Waals surface area contributed by atoms with E-state index in [4.69, 9.17) is 0 Å². The summed E-state index contributed by atoms with van der Waals surface area (Å²) < 4.78 is 24.6. The van der Waals surface area contributed by atoms with Crippen LogP contribution in [-0.4, -0.2) is 20.7 Å². The second kappa shape index (κ2) is 10.7. The van der Waals surface area contributed by atoms with Crippen molar-refractivity contribution < 1.29 is 8.42 Å². The maximum atomic E-state index is 12.3. The lowest BCUT2D eigenvalue weighted by Crippen LogP contribution is -2.33. The highest BCUT2D eigenvalue weighted by Crippen LogP contribution is 2.29. The number of nitrogens with one attached hydrogen (secondary N) is 1. The van der Waals surface area contributed by atoms with Gasteiger partial charge in [-0.2, -0.15) is 0 Å². The summed E-state index contributed by atoms with van der Waals surface area (Å²) in [4.78, 5) is 0.404. The Labute approximate surface area is 164 Å². The van der Waals surface area contributed by atoms with Crippen LogP contribution in [0.3, 0.4) is 0 Å². The van der Waals surface area contributed by atoms with E-state index in [1.807, 2.05) is 30.3 Å². The molecule has 0 aliphatic heterocycles. The molecule has 0 bridgehead atoms. The van der Waals surface area contributed by atoms with Crippen LogP contribution in [0.5, 0.6) is 0 Å². The number of rotatable bonds is 9. The summed E-state index contributed by atoms with van der Waals surface area (Å²) in [5, 5.41) is 3.72. The van der Waals surface area contributed by atoms with Crippen molar-refractivity contribution >= 4 is 22.2 Å². The van der Waals surface area contributed by atoms with Crippen molar-refractivity contribution in [3.8, 4) is 0 Å². The molecule has 0 fully saturated rings. The first-order valence-electron chi connectivity index (χ1n) is 9.07. The first-order chi connectivity index (χ1) is 12.0. The fourth-order valence-electron chi connectivity index (χ4n) is 3.16. The van der Waals surface area contributed by atoms with E-state index in [-0.39, 0.29) is 18.4 Å². The minimum atomic E-state index is -3.29. The molecule has 0 saturated carbocycles. The minimum absolute atomic E-state index is 0. The maximum Gasteiger partial charge on any atom is 0.175 e. The van der Waals surface area contributed by atoms with Crippen LogP contribution in [-0.2, 0) is 9.84 Å². The molecule has 2 rings (SSSR count). The van der Waals surface area contributed by atoms with Gasteiger partial charge in [0.15, 0.2) is 9.84 Å². The third-order valence-electron chi connectivity index (χ3n) is 4.56. The van der Waals surface area contributed by atoms with Crippen LogP contribution in [0.2, 0.25) is 0 Å². The zero-order valence-electron chi connectivity index (χ0n) is 15.8. The average Bonchev–Trinajstić information content (AvgIpc) is 2.62. The van der Waals surface area contributed by atoms with Crippen molar-refractivity contribution in [2.24, 2.45) is 0 Å². The van der Waals surface area contributed by atoms with E-state index < -0.39 is 9.84 Å². The molecule has 0 amide bonds. The van der Waals surface area contributed by atoms with E-state index in [0.29, 0.717) is 10.9 Å². The first-order valence-corrected chi connectivity index (χ1v) is 11.0. The summed E-state index contributed by atoms with van der Waals surface area (Å²) in [7, 11) is -3.29. The summed E-state index contributed by atoms with van der Waals surface area (Å²) in [6.45, 7) is 4.37. The lowest BCUT2D eigenvalue weighted by Gasteiger charge is -2.27. The topological polar surface area (TPSA) is 46.2 Å². The van der Waals surface area contributed by atoms with Crippen LogP contribution in [0.1, 0.15) is 56.7 Å². The Morgan fingerprint density at radius 2 is 1.58 bits per heavy atom. The Balaban J connectivity index is 0.00000338. The monoisotopic (exact) mass is 395 g/mol. The van der Waals surface area contributed by atoms with E-state index in [2.05, 4.69) is 31.3 Å². The first kappa shape index (κ1) is 22.7. The Morgan fingerprint density at radius 1 is 0.962 bits per heavy atom.